The summed E-state index contributed by atoms with van der Waals surface area (Å²) in [6.07, 6.45) is 6.87. The van der Waals surface area contributed by atoms with Gasteiger partial charge in [-0.05, 0) is 44.0 Å². The zero-order valence-electron chi connectivity index (χ0n) is 16.7. The number of hydrogen-bond acceptors (Lipinski definition) is 5. The molecule has 1 aliphatic carbocycles. The van der Waals surface area contributed by atoms with Crippen LogP contribution in [0.1, 0.15) is 32.6 Å². The normalized spacial score (nSPS) is 21.0. The quantitative estimate of drug-likeness (QED) is 0.664. The molecule has 0 bridgehead atoms. The lowest BCUT2D eigenvalue weighted by Crippen LogP contribution is -2.51. The minimum absolute atomic E-state index is 0. The van der Waals surface area contributed by atoms with E-state index in [9.17, 15) is 9.59 Å². The first-order valence-electron chi connectivity index (χ1n) is 9.43. The Hall–Kier alpha value is -2.58. The molecule has 3 rings (SSSR count). The molecule has 2 atom stereocenters. The molecule has 0 saturated heterocycles. The van der Waals surface area contributed by atoms with Gasteiger partial charge in [-0.15, -0.1) is 12.4 Å². The molecule has 1 aromatic heterocycles. The van der Waals surface area contributed by atoms with Gasteiger partial charge < -0.3 is 21.1 Å². The molecule has 1 aliphatic rings. The molecule has 1 heterocycles. The lowest BCUT2D eigenvalue weighted by molar-refractivity contribution is -0.122. The number of methoxy groups -OCH3 is 1. The number of nitrogens with zero attached hydrogens (tertiary/aromatic N) is 2. The van der Waals surface area contributed by atoms with E-state index in [1.165, 1.54) is 10.9 Å². The summed E-state index contributed by atoms with van der Waals surface area (Å²) in [5.74, 6) is 0.194. The number of nitrogens with one attached hydrogen (secondary N) is 2. The number of anilines is 2. The van der Waals surface area contributed by atoms with Crippen LogP contribution in [0.3, 0.4) is 0 Å². The molecule has 0 spiro atoms. The molecule has 1 fully saturated rings. The van der Waals surface area contributed by atoms with Crippen LogP contribution in [0.5, 0.6) is 5.75 Å². The predicted octanol–water partition coefficient (Wildman–Crippen LogP) is 2.80. The van der Waals surface area contributed by atoms with Crippen molar-refractivity contribution in [3.05, 3.63) is 36.7 Å². The number of benzene rings is 1. The molecule has 29 heavy (non-hydrogen) atoms. The van der Waals surface area contributed by atoms with E-state index in [1.54, 1.807) is 37.6 Å². The Balaban J connectivity index is 0.00000300. The molecule has 0 aliphatic heterocycles. The maximum atomic E-state index is 12.6. The van der Waals surface area contributed by atoms with E-state index < -0.39 is 5.54 Å². The molecular formula is C20H28ClN5O3. The average Bonchev–Trinajstić information content (AvgIpc) is 3.08. The topological polar surface area (TPSA) is 111 Å². The Morgan fingerprint density at radius 2 is 1.97 bits per heavy atom. The lowest BCUT2D eigenvalue weighted by Gasteiger charge is -2.37. The van der Waals surface area contributed by atoms with E-state index in [1.807, 2.05) is 6.92 Å². The van der Waals surface area contributed by atoms with Crippen molar-refractivity contribution in [1.82, 2.24) is 9.78 Å². The Morgan fingerprint density at radius 3 is 2.62 bits per heavy atom. The molecule has 2 aromatic rings. The Morgan fingerprint density at radius 1 is 1.24 bits per heavy atom. The van der Waals surface area contributed by atoms with Crippen LogP contribution in [0, 0.1) is 5.92 Å². The molecule has 1 aromatic carbocycles. The number of halogens is 1. The van der Waals surface area contributed by atoms with E-state index >= 15 is 0 Å². The highest BCUT2D eigenvalue weighted by Gasteiger charge is 2.37. The molecule has 9 heteroatoms. The summed E-state index contributed by atoms with van der Waals surface area (Å²) in [5, 5.41) is 9.82. The highest BCUT2D eigenvalue weighted by Crippen LogP contribution is 2.32. The zero-order chi connectivity index (χ0) is 20.1. The minimum Gasteiger partial charge on any atom is -0.497 e. The number of carbonyl (C=O) groups excluding carboxylic acids is 2. The highest BCUT2D eigenvalue weighted by molar-refractivity contribution is 5.93. The number of rotatable bonds is 6. The van der Waals surface area contributed by atoms with Gasteiger partial charge in [-0.25, -0.2) is 0 Å². The molecule has 158 valence electrons. The summed E-state index contributed by atoms with van der Waals surface area (Å²) >= 11 is 0. The average molecular weight is 422 g/mol. The van der Waals surface area contributed by atoms with Gasteiger partial charge in [-0.3, -0.25) is 14.3 Å². The fraction of sp³-hybridized carbons (Fsp3) is 0.450. The molecule has 0 radical (unpaired) electrons. The zero-order valence-corrected chi connectivity index (χ0v) is 17.5. The van der Waals surface area contributed by atoms with Gasteiger partial charge in [0.15, 0.2) is 0 Å². The van der Waals surface area contributed by atoms with Gasteiger partial charge in [0.25, 0.3) is 0 Å². The third kappa shape index (κ3) is 5.95. The van der Waals surface area contributed by atoms with Crippen LogP contribution in [0.25, 0.3) is 0 Å². The third-order valence-electron chi connectivity index (χ3n) is 5.15. The van der Waals surface area contributed by atoms with Gasteiger partial charge in [0.1, 0.15) is 12.3 Å². The summed E-state index contributed by atoms with van der Waals surface area (Å²) in [4.78, 5) is 24.8. The van der Waals surface area contributed by atoms with Crippen LogP contribution < -0.4 is 21.1 Å². The number of carbonyl (C=O) groups is 2. The molecule has 8 nitrogen and oxygen atoms in total. The van der Waals surface area contributed by atoms with Gasteiger partial charge >= 0.3 is 0 Å². The van der Waals surface area contributed by atoms with Gasteiger partial charge in [-0.1, -0.05) is 12.8 Å². The number of aromatic nitrogens is 2. The monoisotopic (exact) mass is 421 g/mol. The summed E-state index contributed by atoms with van der Waals surface area (Å²) in [6.45, 7) is 1.98. The molecule has 4 N–H and O–H groups in total. The van der Waals surface area contributed by atoms with Crippen LogP contribution in [0.4, 0.5) is 11.4 Å². The van der Waals surface area contributed by atoms with Gasteiger partial charge in [-0.2, -0.15) is 5.10 Å². The lowest BCUT2D eigenvalue weighted by atomic mass is 9.74. The number of nitrogens with two attached hydrogens (primary N) is 1. The first-order chi connectivity index (χ1) is 13.4. The fourth-order valence-corrected chi connectivity index (χ4v) is 3.55. The number of amides is 2. The van der Waals surface area contributed by atoms with Gasteiger partial charge in [0.05, 0.1) is 24.9 Å². The Labute approximate surface area is 176 Å². The summed E-state index contributed by atoms with van der Waals surface area (Å²) in [6, 6.07) is 7.07. The number of hydrogen-bond donors (Lipinski definition) is 3. The summed E-state index contributed by atoms with van der Waals surface area (Å²) in [5.41, 5.74) is 7.04. The van der Waals surface area contributed by atoms with E-state index in [2.05, 4.69) is 15.7 Å². The van der Waals surface area contributed by atoms with Crippen LogP contribution >= 0.6 is 12.4 Å². The Kier molecular flexibility index (Phi) is 7.64. The van der Waals surface area contributed by atoms with Crippen LogP contribution in [-0.4, -0.2) is 34.2 Å². The van der Waals surface area contributed by atoms with Crippen LogP contribution in [0.15, 0.2) is 36.7 Å². The minimum atomic E-state index is -0.490. The van der Waals surface area contributed by atoms with E-state index in [-0.39, 0.29) is 36.7 Å². The van der Waals surface area contributed by atoms with Gasteiger partial charge in [0.2, 0.25) is 11.8 Å². The standard InChI is InChI=1S/C20H27N5O3.ClH/c1-20(21)10-4-3-5-17(20)19(27)24-15-11-22-25(12-15)13-18(26)23-14-6-8-16(28-2)9-7-14;/h6-9,11-12,17H,3-5,10,13,21H2,1-2H3,(H,23,26)(H,24,27);1H. The maximum absolute atomic E-state index is 12.6. The van der Waals surface area contributed by atoms with Crippen molar-refractivity contribution in [2.75, 3.05) is 17.7 Å². The highest BCUT2D eigenvalue weighted by atomic mass is 35.5. The van der Waals surface area contributed by atoms with Crippen molar-refractivity contribution in [2.24, 2.45) is 11.7 Å². The Bertz CT molecular complexity index is 835. The summed E-state index contributed by atoms with van der Waals surface area (Å²) in [7, 11) is 1.59. The van der Waals surface area contributed by atoms with Crippen molar-refractivity contribution in [3.63, 3.8) is 0 Å². The van der Waals surface area contributed by atoms with E-state index in [0.29, 0.717) is 11.4 Å². The van der Waals surface area contributed by atoms with Crippen molar-refractivity contribution in [3.8, 4) is 5.75 Å². The van der Waals surface area contributed by atoms with E-state index in [4.69, 9.17) is 10.5 Å². The first kappa shape index (κ1) is 22.7. The van der Waals surface area contributed by atoms with Crippen LogP contribution in [0.2, 0.25) is 0 Å². The SMILES string of the molecule is COc1ccc(NC(=O)Cn2cc(NC(=O)C3CCCCC3(C)N)cn2)cc1.Cl. The molecule has 2 amide bonds. The van der Waals surface area contributed by atoms with Crippen molar-refractivity contribution in [2.45, 2.75) is 44.7 Å². The van der Waals surface area contributed by atoms with Crippen molar-refractivity contribution >= 4 is 35.6 Å². The number of ether oxygens (including phenoxy) is 1. The second-order valence-electron chi connectivity index (χ2n) is 7.50. The molecule has 1 saturated carbocycles. The van der Waals surface area contributed by atoms with Crippen molar-refractivity contribution < 1.29 is 14.3 Å². The van der Waals surface area contributed by atoms with Crippen LogP contribution in [-0.2, 0) is 16.1 Å². The molecular weight excluding hydrogens is 394 g/mol. The van der Waals surface area contributed by atoms with Gasteiger partial charge in [0, 0.05) is 17.4 Å². The third-order valence-corrected chi connectivity index (χ3v) is 5.15. The fourth-order valence-electron chi connectivity index (χ4n) is 3.55. The predicted molar refractivity (Wildman–Crippen MR) is 114 cm³/mol. The molecule has 2 unspecified atom stereocenters. The second-order valence-corrected chi connectivity index (χ2v) is 7.50. The van der Waals surface area contributed by atoms with E-state index in [0.717, 1.165) is 31.4 Å². The smallest absolute Gasteiger partial charge is 0.246 e. The maximum Gasteiger partial charge on any atom is 0.246 e. The largest absolute Gasteiger partial charge is 0.497 e. The van der Waals surface area contributed by atoms with Crippen molar-refractivity contribution in [1.29, 1.82) is 0 Å². The summed E-state index contributed by atoms with van der Waals surface area (Å²) < 4.78 is 6.57. The second kappa shape index (κ2) is 9.76. The first-order valence-corrected chi connectivity index (χ1v) is 9.43.